The van der Waals surface area contributed by atoms with Crippen LogP contribution in [0.2, 0.25) is 0 Å². The van der Waals surface area contributed by atoms with Crippen LogP contribution in [-0.2, 0) is 13.0 Å². The first-order valence-electron chi connectivity index (χ1n) is 6.98. The number of nitrogens with zero attached hydrogens (tertiary/aromatic N) is 5. The largest absolute Gasteiger partial charge is 0.269 e. The summed E-state index contributed by atoms with van der Waals surface area (Å²) in [6.07, 6.45) is 7.02. The SMILES string of the molecule is CN(N=O)c1cc(-c2cnn3c2CCCCC3)c(F)cn1. The molecule has 0 bridgehead atoms. The van der Waals surface area contributed by atoms with Crippen molar-refractivity contribution in [2.45, 2.75) is 32.2 Å². The fourth-order valence-corrected chi connectivity index (χ4v) is 2.68. The Morgan fingerprint density at radius 1 is 1.29 bits per heavy atom. The van der Waals surface area contributed by atoms with Crippen molar-refractivity contribution < 1.29 is 4.39 Å². The molecule has 7 heteroatoms. The molecule has 110 valence electrons. The highest BCUT2D eigenvalue weighted by molar-refractivity contribution is 5.69. The maximum Gasteiger partial charge on any atom is 0.152 e. The standard InChI is InChI=1S/C14H16FN5O/c1-19(18-21)14-7-10(12(15)9-16-14)11-8-17-20-6-4-2-3-5-13(11)20/h7-9H,2-6H2,1H3. The summed E-state index contributed by atoms with van der Waals surface area (Å²) in [5.74, 6) is -0.104. The van der Waals surface area contributed by atoms with E-state index >= 15 is 0 Å². The van der Waals surface area contributed by atoms with Crippen LogP contribution in [0.25, 0.3) is 11.1 Å². The summed E-state index contributed by atoms with van der Waals surface area (Å²) < 4.78 is 16.1. The second kappa shape index (κ2) is 5.59. The minimum Gasteiger partial charge on any atom is -0.269 e. The second-order valence-electron chi connectivity index (χ2n) is 5.17. The molecule has 3 rings (SSSR count). The van der Waals surface area contributed by atoms with E-state index in [4.69, 9.17) is 0 Å². The molecule has 0 radical (unpaired) electrons. The molecule has 0 saturated carbocycles. The van der Waals surface area contributed by atoms with Gasteiger partial charge in [-0.1, -0.05) is 6.42 Å². The van der Waals surface area contributed by atoms with E-state index in [9.17, 15) is 9.30 Å². The lowest BCUT2D eigenvalue weighted by Gasteiger charge is -2.11. The molecule has 6 nitrogen and oxygen atoms in total. The third kappa shape index (κ3) is 2.51. The van der Waals surface area contributed by atoms with Crippen LogP contribution in [0.1, 0.15) is 25.0 Å². The van der Waals surface area contributed by atoms with Crippen molar-refractivity contribution in [2.24, 2.45) is 5.29 Å². The minimum absolute atomic E-state index is 0.315. The van der Waals surface area contributed by atoms with Gasteiger partial charge in [-0.05, 0) is 25.3 Å². The van der Waals surface area contributed by atoms with E-state index in [0.717, 1.165) is 54.7 Å². The predicted octanol–water partition coefficient (Wildman–Crippen LogP) is 2.93. The van der Waals surface area contributed by atoms with Crippen molar-refractivity contribution in [1.29, 1.82) is 0 Å². The number of aromatic nitrogens is 3. The van der Waals surface area contributed by atoms with E-state index in [2.05, 4.69) is 15.4 Å². The van der Waals surface area contributed by atoms with Crippen LogP contribution >= 0.6 is 0 Å². The zero-order valence-electron chi connectivity index (χ0n) is 11.8. The molecular formula is C14H16FN5O. The summed E-state index contributed by atoms with van der Waals surface area (Å²) in [6, 6.07) is 1.54. The Bertz CT molecular complexity index is 669. The first-order valence-corrected chi connectivity index (χ1v) is 6.98. The molecule has 1 aliphatic heterocycles. The van der Waals surface area contributed by atoms with E-state index in [0.29, 0.717) is 11.4 Å². The van der Waals surface area contributed by atoms with Crippen LogP contribution in [-0.4, -0.2) is 21.8 Å². The highest BCUT2D eigenvalue weighted by Crippen LogP contribution is 2.31. The van der Waals surface area contributed by atoms with Gasteiger partial charge in [0, 0.05) is 30.4 Å². The van der Waals surface area contributed by atoms with E-state index in [1.54, 1.807) is 12.3 Å². The zero-order chi connectivity index (χ0) is 14.8. The Hall–Kier alpha value is -2.31. The second-order valence-corrected chi connectivity index (χ2v) is 5.17. The van der Waals surface area contributed by atoms with Crippen LogP contribution in [0.4, 0.5) is 10.2 Å². The van der Waals surface area contributed by atoms with Crippen molar-refractivity contribution in [3.63, 3.8) is 0 Å². The quantitative estimate of drug-likeness (QED) is 0.643. The lowest BCUT2D eigenvalue weighted by atomic mass is 10.0. The van der Waals surface area contributed by atoms with Crippen molar-refractivity contribution >= 4 is 5.82 Å². The van der Waals surface area contributed by atoms with Crippen LogP contribution < -0.4 is 5.01 Å². The van der Waals surface area contributed by atoms with Crippen molar-refractivity contribution in [2.75, 3.05) is 12.1 Å². The summed E-state index contributed by atoms with van der Waals surface area (Å²) in [4.78, 5) is 14.5. The molecule has 21 heavy (non-hydrogen) atoms. The molecule has 0 N–H and O–H groups in total. The molecule has 0 fully saturated rings. The van der Waals surface area contributed by atoms with Crippen LogP contribution in [0.15, 0.2) is 23.7 Å². The molecule has 3 heterocycles. The predicted molar refractivity (Wildman–Crippen MR) is 77.2 cm³/mol. The third-order valence-corrected chi connectivity index (χ3v) is 3.82. The zero-order valence-corrected chi connectivity index (χ0v) is 11.8. The number of aryl methyl sites for hydroxylation is 1. The molecule has 1 aliphatic rings. The van der Waals surface area contributed by atoms with E-state index in [1.807, 2.05) is 4.68 Å². The highest BCUT2D eigenvalue weighted by atomic mass is 19.1. The molecule has 2 aromatic heterocycles. The van der Waals surface area contributed by atoms with Gasteiger partial charge in [0.05, 0.1) is 17.7 Å². The van der Waals surface area contributed by atoms with Crippen LogP contribution in [0, 0.1) is 10.7 Å². The van der Waals surface area contributed by atoms with Crippen LogP contribution in [0.5, 0.6) is 0 Å². The van der Waals surface area contributed by atoms with Gasteiger partial charge in [-0.2, -0.15) is 5.10 Å². The first kappa shape index (κ1) is 13.7. The number of rotatable bonds is 3. The Kier molecular flexibility index (Phi) is 3.64. The molecule has 0 spiro atoms. The van der Waals surface area contributed by atoms with Gasteiger partial charge in [-0.25, -0.2) is 14.4 Å². The lowest BCUT2D eigenvalue weighted by molar-refractivity contribution is 0.576. The molecule has 0 amide bonds. The van der Waals surface area contributed by atoms with Gasteiger partial charge < -0.3 is 0 Å². The molecule has 0 atom stereocenters. The molecular weight excluding hydrogens is 273 g/mol. The van der Waals surface area contributed by atoms with Gasteiger partial charge in [0.25, 0.3) is 0 Å². The minimum atomic E-state index is -0.418. The maximum atomic E-state index is 14.1. The van der Waals surface area contributed by atoms with Gasteiger partial charge in [0.2, 0.25) is 0 Å². The topological polar surface area (TPSA) is 63.4 Å². The number of hydrogen-bond donors (Lipinski definition) is 0. The van der Waals surface area contributed by atoms with Crippen molar-refractivity contribution in [1.82, 2.24) is 14.8 Å². The molecule has 0 unspecified atom stereocenters. The number of fused-ring (bicyclic) bond motifs is 1. The summed E-state index contributed by atoms with van der Waals surface area (Å²) >= 11 is 0. The van der Waals surface area contributed by atoms with Gasteiger partial charge in [0.15, 0.2) is 5.82 Å². The fourth-order valence-electron chi connectivity index (χ4n) is 2.68. The average Bonchev–Trinajstić information content (AvgIpc) is 2.75. The maximum absolute atomic E-state index is 14.1. The number of hydrogen-bond acceptors (Lipinski definition) is 4. The van der Waals surface area contributed by atoms with E-state index in [-0.39, 0.29) is 0 Å². The molecule has 0 aromatic carbocycles. The van der Waals surface area contributed by atoms with Gasteiger partial charge in [-0.15, -0.1) is 4.91 Å². The third-order valence-electron chi connectivity index (χ3n) is 3.82. The van der Waals surface area contributed by atoms with E-state index < -0.39 is 5.82 Å². The Labute approximate surface area is 121 Å². The summed E-state index contributed by atoms with van der Waals surface area (Å²) in [6.45, 7) is 0.866. The average molecular weight is 289 g/mol. The summed E-state index contributed by atoms with van der Waals surface area (Å²) in [5, 5.41) is 8.23. The summed E-state index contributed by atoms with van der Waals surface area (Å²) in [5.41, 5.74) is 2.24. The Morgan fingerprint density at radius 3 is 2.95 bits per heavy atom. The Balaban J connectivity index is 2.08. The number of nitroso groups, excluding NO2 is 1. The van der Waals surface area contributed by atoms with Crippen LogP contribution in [0.3, 0.4) is 0 Å². The first-order chi connectivity index (χ1) is 10.2. The normalized spacial score (nSPS) is 14.4. The lowest BCUT2D eigenvalue weighted by Crippen LogP contribution is -2.09. The fraction of sp³-hybridized carbons (Fsp3) is 0.429. The number of pyridine rings is 1. The smallest absolute Gasteiger partial charge is 0.152 e. The number of anilines is 1. The highest BCUT2D eigenvalue weighted by Gasteiger charge is 2.19. The van der Waals surface area contributed by atoms with E-state index in [1.165, 1.54) is 7.05 Å². The monoisotopic (exact) mass is 289 g/mol. The molecule has 2 aromatic rings. The van der Waals surface area contributed by atoms with Gasteiger partial charge in [0.1, 0.15) is 5.82 Å². The Morgan fingerprint density at radius 2 is 2.14 bits per heavy atom. The van der Waals surface area contributed by atoms with Gasteiger partial charge >= 0.3 is 0 Å². The van der Waals surface area contributed by atoms with Gasteiger partial charge in [-0.3, -0.25) is 4.68 Å². The summed E-state index contributed by atoms with van der Waals surface area (Å²) in [7, 11) is 1.48. The molecule has 0 aliphatic carbocycles. The number of halogens is 1. The molecule has 0 saturated heterocycles. The van der Waals surface area contributed by atoms with Crippen molar-refractivity contribution in [3.05, 3.63) is 34.9 Å². The van der Waals surface area contributed by atoms with Crippen molar-refractivity contribution in [3.8, 4) is 11.1 Å².